The van der Waals surface area contributed by atoms with Gasteiger partial charge < -0.3 is 19.3 Å². The maximum absolute atomic E-state index is 12.5. The first-order valence-electron chi connectivity index (χ1n) is 9.36. The zero-order chi connectivity index (χ0) is 20.5. The molecule has 0 aliphatic heterocycles. The van der Waals surface area contributed by atoms with Gasteiger partial charge in [-0.2, -0.15) is 0 Å². The van der Waals surface area contributed by atoms with Gasteiger partial charge in [-0.25, -0.2) is 0 Å². The van der Waals surface area contributed by atoms with E-state index in [9.17, 15) is 4.79 Å². The van der Waals surface area contributed by atoms with E-state index < -0.39 is 0 Å². The van der Waals surface area contributed by atoms with E-state index in [0.29, 0.717) is 13.1 Å². The summed E-state index contributed by atoms with van der Waals surface area (Å²) in [6.45, 7) is 1.99. The smallest absolute Gasteiger partial charge is 0.277 e. The Bertz CT molecular complexity index is 765. The molecule has 152 valence electrons. The van der Waals surface area contributed by atoms with Crippen LogP contribution in [-0.4, -0.2) is 58.5 Å². The van der Waals surface area contributed by atoms with E-state index in [0.717, 1.165) is 30.0 Å². The van der Waals surface area contributed by atoms with Crippen molar-refractivity contribution < 1.29 is 19.2 Å². The molecule has 1 N–H and O–H groups in total. The molecule has 0 radical (unpaired) electrons. The van der Waals surface area contributed by atoms with Crippen LogP contribution in [0.4, 0.5) is 0 Å². The summed E-state index contributed by atoms with van der Waals surface area (Å²) in [5.41, 5.74) is 2.32. The van der Waals surface area contributed by atoms with E-state index in [1.807, 2.05) is 25.2 Å². The van der Waals surface area contributed by atoms with Crippen molar-refractivity contribution in [2.24, 2.45) is 0 Å². The minimum Gasteiger partial charge on any atom is -0.493 e. The van der Waals surface area contributed by atoms with E-state index in [4.69, 9.17) is 9.47 Å². The lowest BCUT2D eigenvalue weighted by Gasteiger charge is -2.20. The van der Waals surface area contributed by atoms with Crippen molar-refractivity contribution in [3.63, 3.8) is 0 Å². The summed E-state index contributed by atoms with van der Waals surface area (Å²) in [4.78, 5) is 16.8. The Morgan fingerprint density at radius 3 is 2.29 bits per heavy atom. The Kier molecular flexibility index (Phi) is 8.67. The van der Waals surface area contributed by atoms with E-state index in [2.05, 4.69) is 37.6 Å². The predicted octanol–water partition coefficient (Wildman–Crippen LogP) is 2.14. The maximum Gasteiger partial charge on any atom is 0.277 e. The molecule has 0 spiro atoms. The molecule has 0 heterocycles. The number of nitrogens with zero attached hydrogens (tertiary/aromatic N) is 1. The van der Waals surface area contributed by atoms with E-state index >= 15 is 0 Å². The summed E-state index contributed by atoms with van der Waals surface area (Å²) in [6, 6.07) is 14.3. The summed E-state index contributed by atoms with van der Waals surface area (Å²) >= 11 is 1.72. The average molecular weight is 404 g/mol. The van der Waals surface area contributed by atoms with E-state index in [1.165, 1.54) is 15.4 Å². The highest BCUT2D eigenvalue weighted by Gasteiger charge is 2.15. The van der Waals surface area contributed by atoms with Crippen molar-refractivity contribution in [2.75, 3.05) is 47.7 Å². The lowest BCUT2D eigenvalue weighted by atomic mass is 10.1. The lowest BCUT2D eigenvalue weighted by Crippen LogP contribution is -3.10. The number of nitrogens with one attached hydrogen (secondary N) is 1. The number of carbonyl (C=O) groups excluding carboxylic acids is 1. The standard InChI is InChI=1S/C22H30N2O3S/c1-23(13-12-17-8-11-20(26-3)21(14-17)27-4)16-22(25)24(2)15-18-6-9-19(28-5)10-7-18/h6-11,14H,12-13,15-16H2,1-5H3/p+1. The van der Waals surface area contributed by atoms with Crippen LogP contribution in [0.3, 0.4) is 0 Å². The Morgan fingerprint density at radius 2 is 1.68 bits per heavy atom. The van der Waals surface area contributed by atoms with Gasteiger partial charge in [0.25, 0.3) is 5.91 Å². The van der Waals surface area contributed by atoms with Gasteiger partial charge in [0.2, 0.25) is 0 Å². The van der Waals surface area contributed by atoms with Crippen molar-refractivity contribution in [3.8, 4) is 11.5 Å². The van der Waals surface area contributed by atoms with Gasteiger partial charge in [-0.3, -0.25) is 4.79 Å². The summed E-state index contributed by atoms with van der Waals surface area (Å²) in [6.07, 6.45) is 2.94. The summed E-state index contributed by atoms with van der Waals surface area (Å²) in [5, 5.41) is 0. The van der Waals surface area contributed by atoms with Gasteiger partial charge in [-0.15, -0.1) is 11.8 Å². The van der Waals surface area contributed by atoms with Crippen LogP contribution in [0.15, 0.2) is 47.4 Å². The van der Waals surface area contributed by atoms with Crippen molar-refractivity contribution in [3.05, 3.63) is 53.6 Å². The summed E-state index contributed by atoms with van der Waals surface area (Å²) in [7, 11) is 7.20. The SMILES string of the molecule is COc1ccc(CC[NH+](C)CC(=O)N(C)Cc2ccc(SC)cc2)cc1OC. The van der Waals surface area contributed by atoms with Crippen LogP contribution in [-0.2, 0) is 17.8 Å². The third-order valence-corrected chi connectivity index (χ3v) is 5.49. The number of amides is 1. The highest BCUT2D eigenvalue weighted by molar-refractivity contribution is 7.98. The van der Waals surface area contributed by atoms with Crippen LogP contribution < -0.4 is 14.4 Å². The van der Waals surface area contributed by atoms with Crippen LogP contribution in [0.1, 0.15) is 11.1 Å². The number of likely N-dealkylation sites (N-methyl/N-ethyl adjacent to an activating group) is 2. The molecule has 0 saturated heterocycles. The minimum atomic E-state index is 0.152. The van der Waals surface area contributed by atoms with Gasteiger partial charge in [-0.05, 0) is 41.6 Å². The van der Waals surface area contributed by atoms with Crippen LogP contribution in [0.25, 0.3) is 0 Å². The molecule has 5 nitrogen and oxygen atoms in total. The molecule has 1 atom stereocenters. The van der Waals surface area contributed by atoms with Crippen molar-refractivity contribution in [1.29, 1.82) is 0 Å². The average Bonchev–Trinajstić information content (AvgIpc) is 2.72. The van der Waals surface area contributed by atoms with E-state index in [-0.39, 0.29) is 5.91 Å². The lowest BCUT2D eigenvalue weighted by molar-refractivity contribution is -0.871. The molecule has 0 aromatic heterocycles. The first kappa shape index (κ1) is 22.1. The molecule has 2 rings (SSSR count). The molecule has 2 aromatic rings. The zero-order valence-corrected chi connectivity index (χ0v) is 18.3. The number of carbonyl (C=O) groups is 1. The summed E-state index contributed by atoms with van der Waals surface area (Å²) < 4.78 is 10.6. The molecular formula is C22H31N2O3S+. The molecule has 6 heteroatoms. The number of thioether (sulfide) groups is 1. The Hall–Kier alpha value is -2.18. The molecule has 0 saturated carbocycles. The van der Waals surface area contributed by atoms with Gasteiger partial charge >= 0.3 is 0 Å². The first-order valence-corrected chi connectivity index (χ1v) is 10.6. The molecule has 0 aliphatic carbocycles. The van der Waals surface area contributed by atoms with Crippen LogP contribution in [0.2, 0.25) is 0 Å². The fourth-order valence-electron chi connectivity index (χ4n) is 2.97. The fourth-order valence-corrected chi connectivity index (χ4v) is 3.38. The summed E-state index contributed by atoms with van der Waals surface area (Å²) in [5.74, 6) is 1.62. The topological polar surface area (TPSA) is 43.2 Å². The predicted molar refractivity (Wildman–Crippen MR) is 115 cm³/mol. The fraction of sp³-hybridized carbons (Fsp3) is 0.409. The number of benzene rings is 2. The van der Waals surface area contributed by atoms with Crippen LogP contribution in [0.5, 0.6) is 11.5 Å². The van der Waals surface area contributed by atoms with Crippen molar-refractivity contribution in [2.45, 2.75) is 17.9 Å². The van der Waals surface area contributed by atoms with Gasteiger partial charge in [0.15, 0.2) is 18.0 Å². The molecule has 0 fully saturated rings. The van der Waals surface area contributed by atoms with Gasteiger partial charge in [-0.1, -0.05) is 18.2 Å². The minimum absolute atomic E-state index is 0.152. The zero-order valence-electron chi connectivity index (χ0n) is 17.5. The monoisotopic (exact) mass is 403 g/mol. The second kappa shape index (κ2) is 11.0. The van der Waals surface area contributed by atoms with Crippen molar-refractivity contribution in [1.82, 2.24) is 4.90 Å². The van der Waals surface area contributed by atoms with E-state index in [1.54, 1.807) is 30.9 Å². The van der Waals surface area contributed by atoms with Crippen molar-refractivity contribution >= 4 is 17.7 Å². The third-order valence-electron chi connectivity index (χ3n) is 4.75. The molecule has 1 unspecified atom stereocenters. The maximum atomic E-state index is 12.5. The highest BCUT2D eigenvalue weighted by atomic mass is 32.2. The number of rotatable bonds is 10. The second-order valence-corrected chi connectivity index (χ2v) is 7.80. The van der Waals surface area contributed by atoms with Gasteiger partial charge in [0.1, 0.15) is 0 Å². The van der Waals surface area contributed by atoms with Gasteiger partial charge in [0, 0.05) is 24.9 Å². The Balaban J connectivity index is 1.82. The molecule has 1 amide bonds. The number of quaternary nitrogens is 1. The first-order chi connectivity index (χ1) is 13.5. The Labute approximate surface area is 172 Å². The van der Waals surface area contributed by atoms with Crippen LogP contribution >= 0.6 is 11.8 Å². The quantitative estimate of drug-likeness (QED) is 0.618. The number of hydrogen-bond acceptors (Lipinski definition) is 4. The largest absolute Gasteiger partial charge is 0.493 e. The highest BCUT2D eigenvalue weighted by Crippen LogP contribution is 2.27. The molecule has 0 bridgehead atoms. The molecule has 2 aromatic carbocycles. The van der Waals surface area contributed by atoms with Gasteiger partial charge in [0.05, 0.1) is 27.8 Å². The number of ether oxygens (including phenoxy) is 2. The van der Waals surface area contributed by atoms with Crippen LogP contribution in [0, 0.1) is 0 Å². The molecule has 0 aliphatic rings. The molecular weight excluding hydrogens is 372 g/mol. The number of hydrogen-bond donors (Lipinski definition) is 1. The third kappa shape index (κ3) is 6.46. The number of methoxy groups -OCH3 is 2. The Morgan fingerprint density at radius 1 is 1.04 bits per heavy atom. The molecule has 28 heavy (non-hydrogen) atoms. The normalized spacial score (nSPS) is 11.8. The second-order valence-electron chi connectivity index (χ2n) is 6.92.